The number of methoxy groups -OCH3 is 1. The molecule has 20 heavy (non-hydrogen) atoms. The van der Waals surface area contributed by atoms with Crippen molar-refractivity contribution >= 4 is 15.7 Å². The molecule has 0 aliphatic heterocycles. The molecule has 0 fully saturated rings. The van der Waals surface area contributed by atoms with Gasteiger partial charge in [-0.25, -0.2) is 8.42 Å². The number of para-hydroxylation sites is 1. The van der Waals surface area contributed by atoms with Crippen molar-refractivity contribution in [1.82, 2.24) is 4.31 Å². The maximum Gasteiger partial charge on any atom is 0.244 e. The van der Waals surface area contributed by atoms with Gasteiger partial charge in [0.25, 0.3) is 0 Å². The fraction of sp³-hybridized carbons (Fsp3) is 0.538. The number of likely N-dealkylation sites (N-methyl/N-ethyl adjacent to an activating group) is 1. The van der Waals surface area contributed by atoms with E-state index in [4.69, 9.17) is 4.74 Å². The van der Waals surface area contributed by atoms with Crippen LogP contribution in [0.25, 0.3) is 0 Å². The number of sulfonamides is 1. The summed E-state index contributed by atoms with van der Waals surface area (Å²) in [6.45, 7) is 2.60. The highest BCUT2D eigenvalue weighted by molar-refractivity contribution is 7.89. The average molecular weight is 302 g/mol. The topological polar surface area (TPSA) is 78.9 Å². The Hall–Kier alpha value is -1.15. The van der Waals surface area contributed by atoms with Gasteiger partial charge in [-0.2, -0.15) is 4.31 Å². The van der Waals surface area contributed by atoms with Crippen LogP contribution in [0.1, 0.15) is 6.92 Å². The summed E-state index contributed by atoms with van der Waals surface area (Å²) in [4.78, 5) is 0.203. The fourth-order valence-electron chi connectivity index (χ4n) is 1.84. The Kier molecular flexibility index (Phi) is 6.41. The summed E-state index contributed by atoms with van der Waals surface area (Å²) in [5.74, 6) is 0. The van der Waals surface area contributed by atoms with E-state index in [1.165, 1.54) is 14.2 Å². The summed E-state index contributed by atoms with van der Waals surface area (Å²) in [5.41, 5.74) is 0.558. The van der Waals surface area contributed by atoms with Crippen LogP contribution < -0.4 is 5.32 Å². The Balaban J connectivity index is 2.98. The molecule has 0 aliphatic carbocycles. The van der Waals surface area contributed by atoms with Crippen molar-refractivity contribution in [2.45, 2.75) is 17.9 Å². The van der Waals surface area contributed by atoms with E-state index in [9.17, 15) is 13.5 Å². The lowest BCUT2D eigenvalue weighted by Gasteiger charge is -2.21. The molecule has 2 N–H and O–H groups in total. The van der Waals surface area contributed by atoms with Crippen molar-refractivity contribution in [2.24, 2.45) is 0 Å². The van der Waals surface area contributed by atoms with E-state index in [-0.39, 0.29) is 18.0 Å². The molecule has 0 heterocycles. The van der Waals surface area contributed by atoms with Crippen LogP contribution in [0.5, 0.6) is 0 Å². The number of nitrogens with one attached hydrogen (secondary N) is 1. The highest BCUT2D eigenvalue weighted by atomic mass is 32.2. The van der Waals surface area contributed by atoms with Gasteiger partial charge in [0.15, 0.2) is 0 Å². The van der Waals surface area contributed by atoms with E-state index in [2.05, 4.69) is 5.32 Å². The lowest BCUT2D eigenvalue weighted by Crippen LogP contribution is -2.36. The quantitative estimate of drug-likeness (QED) is 0.741. The van der Waals surface area contributed by atoms with E-state index < -0.39 is 16.1 Å². The second kappa shape index (κ2) is 7.58. The maximum atomic E-state index is 12.5. The first-order valence-electron chi connectivity index (χ1n) is 6.39. The van der Waals surface area contributed by atoms with Gasteiger partial charge in [0.05, 0.1) is 18.4 Å². The number of rotatable bonds is 8. The highest BCUT2D eigenvalue weighted by Gasteiger charge is 2.25. The monoisotopic (exact) mass is 302 g/mol. The van der Waals surface area contributed by atoms with Crippen LogP contribution in [-0.2, 0) is 14.8 Å². The zero-order chi connectivity index (χ0) is 15.2. The first-order valence-corrected chi connectivity index (χ1v) is 7.83. The third-order valence-corrected chi connectivity index (χ3v) is 4.65. The number of anilines is 1. The second-order valence-electron chi connectivity index (χ2n) is 4.42. The van der Waals surface area contributed by atoms with E-state index in [0.717, 1.165) is 4.31 Å². The molecular formula is C13H22N2O4S. The van der Waals surface area contributed by atoms with Gasteiger partial charge in [0.1, 0.15) is 4.90 Å². The third-order valence-electron chi connectivity index (χ3n) is 2.77. The number of aliphatic hydroxyl groups is 1. The lowest BCUT2D eigenvalue weighted by atomic mass is 10.3. The minimum Gasteiger partial charge on any atom is -0.389 e. The van der Waals surface area contributed by atoms with Gasteiger partial charge in [0, 0.05) is 27.2 Å². The van der Waals surface area contributed by atoms with Crippen LogP contribution in [-0.4, -0.2) is 57.8 Å². The molecule has 1 aromatic carbocycles. The smallest absolute Gasteiger partial charge is 0.244 e. The molecule has 0 saturated carbocycles. The maximum absolute atomic E-state index is 12.5. The normalized spacial score (nSPS) is 13.4. The number of benzene rings is 1. The molecule has 0 spiro atoms. The first kappa shape index (κ1) is 16.9. The molecule has 0 aromatic heterocycles. The Morgan fingerprint density at radius 3 is 2.65 bits per heavy atom. The van der Waals surface area contributed by atoms with Crippen LogP contribution in [0.3, 0.4) is 0 Å². The van der Waals surface area contributed by atoms with Crippen molar-refractivity contribution in [3.63, 3.8) is 0 Å². The fourth-order valence-corrected chi connectivity index (χ4v) is 3.21. The molecule has 114 valence electrons. The van der Waals surface area contributed by atoms with Gasteiger partial charge in [-0.15, -0.1) is 0 Å². The van der Waals surface area contributed by atoms with Crippen molar-refractivity contribution in [3.05, 3.63) is 24.3 Å². The van der Waals surface area contributed by atoms with Gasteiger partial charge >= 0.3 is 0 Å². The Bertz CT molecular complexity index is 519. The molecule has 0 saturated heterocycles. The van der Waals surface area contributed by atoms with Gasteiger partial charge in [-0.3, -0.25) is 0 Å². The van der Waals surface area contributed by atoms with Crippen molar-refractivity contribution < 1.29 is 18.3 Å². The standard InChI is InChI=1S/C13H22N2O4S/c1-4-14-12-7-5-6-8-13(12)20(17,18)15(2)9-11(16)10-19-3/h5-8,11,14,16H,4,9-10H2,1-3H3. The zero-order valence-electron chi connectivity index (χ0n) is 12.0. The van der Waals surface area contributed by atoms with Crippen LogP contribution >= 0.6 is 0 Å². The molecule has 0 amide bonds. The van der Waals surface area contributed by atoms with Gasteiger partial charge < -0.3 is 15.2 Å². The predicted octanol–water partition coefficient (Wildman–Crippen LogP) is 0.746. The third kappa shape index (κ3) is 4.17. The summed E-state index contributed by atoms with van der Waals surface area (Å²) in [6, 6.07) is 6.71. The molecule has 1 unspecified atom stereocenters. The number of hydrogen-bond acceptors (Lipinski definition) is 5. The lowest BCUT2D eigenvalue weighted by molar-refractivity contribution is 0.0554. The van der Waals surface area contributed by atoms with E-state index in [0.29, 0.717) is 12.2 Å². The second-order valence-corrected chi connectivity index (χ2v) is 6.43. The van der Waals surface area contributed by atoms with Crippen LogP contribution in [0.2, 0.25) is 0 Å². The molecule has 1 atom stereocenters. The van der Waals surface area contributed by atoms with Crippen LogP contribution in [0, 0.1) is 0 Å². The van der Waals surface area contributed by atoms with Gasteiger partial charge in [-0.1, -0.05) is 12.1 Å². The first-order chi connectivity index (χ1) is 9.43. The van der Waals surface area contributed by atoms with E-state index in [1.54, 1.807) is 24.3 Å². The van der Waals surface area contributed by atoms with Crippen molar-refractivity contribution in [2.75, 3.05) is 39.2 Å². The predicted molar refractivity (Wildman–Crippen MR) is 78.3 cm³/mol. The molecule has 0 bridgehead atoms. The Morgan fingerprint density at radius 1 is 1.40 bits per heavy atom. The molecule has 0 radical (unpaired) electrons. The number of ether oxygens (including phenoxy) is 1. The molecule has 6 nitrogen and oxygen atoms in total. The van der Waals surface area contributed by atoms with E-state index in [1.807, 2.05) is 6.92 Å². The molecule has 7 heteroatoms. The average Bonchev–Trinajstić information content (AvgIpc) is 2.39. The molecule has 1 aromatic rings. The molecule has 1 rings (SSSR count). The Labute approximate surface area is 120 Å². The number of aliphatic hydroxyl groups excluding tert-OH is 1. The summed E-state index contributed by atoms with van der Waals surface area (Å²) in [5, 5.41) is 12.7. The summed E-state index contributed by atoms with van der Waals surface area (Å²) < 4.78 is 30.9. The molecule has 0 aliphatic rings. The SMILES string of the molecule is CCNc1ccccc1S(=O)(=O)N(C)CC(O)COC. The van der Waals surface area contributed by atoms with Crippen LogP contribution in [0.15, 0.2) is 29.2 Å². The highest BCUT2D eigenvalue weighted by Crippen LogP contribution is 2.23. The van der Waals surface area contributed by atoms with Crippen LogP contribution in [0.4, 0.5) is 5.69 Å². The van der Waals surface area contributed by atoms with Gasteiger partial charge in [0.2, 0.25) is 10.0 Å². The Morgan fingerprint density at radius 2 is 2.05 bits per heavy atom. The van der Waals surface area contributed by atoms with Crippen molar-refractivity contribution in [3.8, 4) is 0 Å². The largest absolute Gasteiger partial charge is 0.389 e. The molecular weight excluding hydrogens is 280 g/mol. The minimum absolute atomic E-state index is 0.0172. The van der Waals surface area contributed by atoms with E-state index >= 15 is 0 Å². The zero-order valence-corrected chi connectivity index (χ0v) is 12.9. The number of hydrogen-bond donors (Lipinski definition) is 2. The summed E-state index contributed by atoms with van der Waals surface area (Å²) in [7, 11) is -0.752. The van der Waals surface area contributed by atoms with Crippen molar-refractivity contribution in [1.29, 1.82) is 0 Å². The summed E-state index contributed by atoms with van der Waals surface area (Å²) in [6.07, 6.45) is -0.855. The minimum atomic E-state index is -3.65. The van der Waals surface area contributed by atoms with Gasteiger partial charge in [-0.05, 0) is 19.1 Å². The number of nitrogens with zero attached hydrogens (tertiary/aromatic N) is 1. The summed E-state index contributed by atoms with van der Waals surface area (Å²) >= 11 is 0.